The van der Waals surface area contributed by atoms with Crippen molar-refractivity contribution in [3.63, 3.8) is 0 Å². The Morgan fingerprint density at radius 1 is 1.23 bits per heavy atom. The molecule has 1 fully saturated rings. The van der Waals surface area contributed by atoms with Gasteiger partial charge in [-0.1, -0.05) is 0 Å². The normalized spacial score (nSPS) is 18.2. The van der Waals surface area contributed by atoms with Gasteiger partial charge in [-0.3, -0.25) is 14.4 Å². The molecule has 1 rings (SSSR count). The Balaban J connectivity index is 2.47. The van der Waals surface area contributed by atoms with Crippen molar-refractivity contribution in [2.45, 2.75) is 39.7 Å². The van der Waals surface area contributed by atoms with E-state index >= 15 is 0 Å². The highest BCUT2D eigenvalue weighted by Gasteiger charge is 2.41. The second-order valence-electron chi connectivity index (χ2n) is 5.53. The first-order valence-electron chi connectivity index (χ1n) is 6.73. The van der Waals surface area contributed by atoms with Crippen molar-refractivity contribution in [2.75, 3.05) is 6.54 Å². The number of allylic oxidation sites excluding steroid dienone is 1. The highest BCUT2D eigenvalue weighted by Crippen LogP contribution is 2.19. The number of hydrogen-bond acceptors (Lipinski definition) is 7. The van der Waals surface area contributed by atoms with Crippen molar-refractivity contribution in [3.05, 3.63) is 12.0 Å². The van der Waals surface area contributed by atoms with Crippen molar-refractivity contribution in [1.82, 2.24) is 5.32 Å². The monoisotopic (exact) mass is 313 g/mol. The predicted molar refractivity (Wildman–Crippen MR) is 73.3 cm³/mol. The summed E-state index contributed by atoms with van der Waals surface area (Å²) in [5, 5.41) is 2.36. The predicted octanol–water partition coefficient (Wildman–Crippen LogP) is 1.05. The van der Waals surface area contributed by atoms with Crippen LogP contribution in [-0.2, 0) is 28.6 Å². The first kappa shape index (κ1) is 17.7. The van der Waals surface area contributed by atoms with Gasteiger partial charge in [0.05, 0.1) is 0 Å². The third-order valence-corrected chi connectivity index (χ3v) is 2.47. The Labute approximate surface area is 127 Å². The van der Waals surface area contributed by atoms with Crippen LogP contribution in [0.15, 0.2) is 12.0 Å². The highest BCUT2D eigenvalue weighted by atomic mass is 16.7. The number of carbonyl (C=O) groups is 4. The van der Waals surface area contributed by atoms with Gasteiger partial charge in [-0.2, -0.15) is 0 Å². The summed E-state index contributed by atoms with van der Waals surface area (Å²) in [6.45, 7) is 6.55. The lowest BCUT2D eigenvalue weighted by molar-refractivity contribution is -0.176. The van der Waals surface area contributed by atoms with Gasteiger partial charge in [0.25, 0.3) is 5.95 Å². The molecule has 8 nitrogen and oxygen atoms in total. The first-order valence-corrected chi connectivity index (χ1v) is 6.73. The smallest absolute Gasteiger partial charge is 0.407 e. The standard InChI is InChI=1S/C14H19NO7/c1-5-9-20-11(17)10(12(18)21-9)8(16)6-7-15-13(19)22-14(2,3)4/h5,10H,6-7H2,1-4H3,(H,15,19). The number of alkyl carbamates (subject to hydrolysis) is 1. The molecule has 1 aliphatic heterocycles. The lowest BCUT2D eigenvalue weighted by Crippen LogP contribution is -2.40. The summed E-state index contributed by atoms with van der Waals surface area (Å²) < 4.78 is 14.3. The van der Waals surface area contributed by atoms with Crippen LogP contribution in [0.3, 0.4) is 0 Å². The topological polar surface area (TPSA) is 108 Å². The van der Waals surface area contributed by atoms with E-state index in [0.29, 0.717) is 0 Å². The Morgan fingerprint density at radius 3 is 2.23 bits per heavy atom. The van der Waals surface area contributed by atoms with Crippen molar-refractivity contribution >= 4 is 23.8 Å². The molecular formula is C14H19NO7. The van der Waals surface area contributed by atoms with Gasteiger partial charge in [-0.25, -0.2) is 4.79 Å². The zero-order chi connectivity index (χ0) is 16.9. The van der Waals surface area contributed by atoms with E-state index in [-0.39, 0.29) is 18.9 Å². The molecule has 1 amide bonds. The van der Waals surface area contributed by atoms with Crippen LogP contribution in [0.1, 0.15) is 34.1 Å². The molecule has 0 aromatic heterocycles. The molecule has 1 N–H and O–H groups in total. The van der Waals surface area contributed by atoms with Gasteiger partial charge in [-0.05, 0) is 33.8 Å². The molecular weight excluding hydrogens is 294 g/mol. The van der Waals surface area contributed by atoms with Gasteiger partial charge >= 0.3 is 18.0 Å². The van der Waals surface area contributed by atoms with Gasteiger partial charge < -0.3 is 19.5 Å². The van der Waals surface area contributed by atoms with E-state index in [1.807, 2.05) is 0 Å². The van der Waals surface area contributed by atoms with E-state index in [9.17, 15) is 19.2 Å². The van der Waals surface area contributed by atoms with E-state index in [0.717, 1.165) is 0 Å². The lowest BCUT2D eigenvalue weighted by Gasteiger charge is -2.21. The van der Waals surface area contributed by atoms with E-state index in [2.05, 4.69) is 14.8 Å². The molecule has 122 valence electrons. The number of ketones is 1. The van der Waals surface area contributed by atoms with E-state index in [4.69, 9.17) is 4.74 Å². The second kappa shape index (κ2) is 7.06. The SMILES string of the molecule is CC=C1OC(=O)C(C(=O)CCNC(=O)OC(C)(C)C)C(=O)O1. The summed E-state index contributed by atoms with van der Waals surface area (Å²) in [7, 11) is 0. The minimum atomic E-state index is -1.62. The molecule has 1 saturated heterocycles. The number of ether oxygens (including phenoxy) is 3. The number of Topliss-reactive ketones (excluding diaryl/α,β-unsaturated/α-hetero) is 1. The van der Waals surface area contributed by atoms with Crippen LogP contribution < -0.4 is 5.32 Å². The average Bonchev–Trinajstić information content (AvgIpc) is 2.35. The van der Waals surface area contributed by atoms with Crippen LogP contribution in [0.5, 0.6) is 0 Å². The molecule has 0 spiro atoms. The summed E-state index contributed by atoms with van der Waals surface area (Å²) in [6, 6.07) is 0. The highest BCUT2D eigenvalue weighted by molar-refractivity contribution is 6.16. The van der Waals surface area contributed by atoms with Crippen LogP contribution in [0.2, 0.25) is 0 Å². The molecule has 1 aliphatic rings. The van der Waals surface area contributed by atoms with Crippen LogP contribution in [0.4, 0.5) is 4.79 Å². The lowest BCUT2D eigenvalue weighted by atomic mass is 10.0. The maximum atomic E-state index is 11.9. The minimum absolute atomic E-state index is 0.0682. The third kappa shape index (κ3) is 5.19. The number of nitrogens with one attached hydrogen (secondary N) is 1. The van der Waals surface area contributed by atoms with Crippen LogP contribution in [0, 0.1) is 5.92 Å². The number of amides is 1. The van der Waals surface area contributed by atoms with Crippen molar-refractivity contribution in [3.8, 4) is 0 Å². The summed E-state index contributed by atoms with van der Waals surface area (Å²) in [5.74, 6) is -4.52. The van der Waals surface area contributed by atoms with Gasteiger partial charge in [0, 0.05) is 13.0 Å². The number of hydrogen-bond donors (Lipinski definition) is 1. The quantitative estimate of drug-likeness (QED) is 0.610. The molecule has 8 heteroatoms. The molecule has 1 heterocycles. The number of cyclic esters (lactones) is 2. The number of carbonyl (C=O) groups excluding carboxylic acids is 4. The van der Waals surface area contributed by atoms with Gasteiger partial charge in [0.15, 0.2) is 5.78 Å². The molecule has 0 aliphatic carbocycles. The molecule has 0 unspecified atom stereocenters. The minimum Gasteiger partial charge on any atom is -0.444 e. The maximum Gasteiger partial charge on any atom is 0.407 e. The Kier molecular flexibility index (Phi) is 5.67. The third-order valence-electron chi connectivity index (χ3n) is 2.47. The van der Waals surface area contributed by atoms with Crippen LogP contribution >= 0.6 is 0 Å². The fourth-order valence-electron chi connectivity index (χ4n) is 1.56. The molecule has 0 aromatic rings. The molecule has 0 aromatic carbocycles. The van der Waals surface area contributed by atoms with Crippen LogP contribution in [0.25, 0.3) is 0 Å². The molecule has 0 atom stereocenters. The van der Waals surface area contributed by atoms with Crippen molar-refractivity contribution in [2.24, 2.45) is 5.92 Å². The maximum absolute atomic E-state index is 11.9. The van der Waals surface area contributed by atoms with Crippen molar-refractivity contribution in [1.29, 1.82) is 0 Å². The molecule has 22 heavy (non-hydrogen) atoms. The molecule has 0 saturated carbocycles. The summed E-state index contributed by atoms with van der Waals surface area (Å²) in [6.07, 6.45) is 0.380. The second-order valence-corrected chi connectivity index (χ2v) is 5.53. The van der Waals surface area contributed by atoms with Gasteiger partial charge in [0.1, 0.15) is 5.60 Å². The van der Waals surface area contributed by atoms with Gasteiger partial charge in [0.2, 0.25) is 5.92 Å². The Hall–Kier alpha value is -2.38. The summed E-state index contributed by atoms with van der Waals surface area (Å²) >= 11 is 0. The zero-order valence-corrected chi connectivity index (χ0v) is 12.9. The summed E-state index contributed by atoms with van der Waals surface area (Å²) in [4.78, 5) is 46.5. The number of esters is 2. The van der Waals surface area contributed by atoms with E-state index in [1.54, 1.807) is 20.8 Å². The Bertz CT molecular complexity index is 496. The van der Waals surface area contributed by atoms with E-state index < -0.39 is 35.3 Å². The molecule has 0 bridgehead atoms. The summed E-state index contributed by atoms with van der Waals surface area (Å²) in [5.41, 5.74) is -0.659. The average molecular weight is 313 g/mol. The zero-order valence-electron chi connectivity index (χ0n) is 12.9. The Morgan fingerprint density at radius 2 is 1.77 bits per heavy atom. The van der Waals surface area contributed by atoms with Gasteiger partial charge in [-0.15, -0.1) is 0 Å². The fraction of sp³-hybridized carbons (Fsp3) is 0.571. The number of rotatable bonds is 4. The van der Waals surface area contributed by atoms with E-state index in [1.165, 1.54) is 13.0 Å². The van der Waals surface area contributed by atoms with Crippen LogP contribution in [-0.4, -0.2) is 36.0 Å². The first-order chi connectivity index (χ1) is 10.1. The molecule has 0 radical (unpaired) electrons. The largest absolute Gasteiger partial charge is 0.444 e. The van der Waals surface area contributed by atoms with Crippen molar-refractivity contribution < 1.29 is 33.4 Å². The fourth-order valence-corrected chi connectivity index (χ4v) is 1.56.